The molecule has 0 heterocycles. The third kappa shape index (κ3) is 4.29. The molecular formula is C25H21F5O. The summed E-state index contributed by atoms with van der Waals surface area (Å²) >= 11 is 0. The third-order valence-electron chi connectivity index (χ3n) is 6.06. The molecule has 0 aliphatic heterocycles. The molecule has 0 saturated heterocycles. The van der Waals surface area contributed by atoms with E-state index in [1.54, 1.807) is 0 Å². The SMILES string of the molecule is C=CC1CCC(c2cc(F)c(-c3ccc4c(F)c(OC(F)F)ccc4c3)c(F)c2)CC1. The minimum Gasteiger partial charge on any atom is -0.432 e. The zero-order chi connectivity index (χ0) is 22.1. The van der Waals surface area contributed by atoms with Crippen LogP contribution in [0.1, 0.15) is 37.2 Å². The van der Waals surface area contributed by atoms with Gasteiger partial charge in [0.15, 0.2) is 11.6 Å². The van der Waals surface area contributed by atoms with E-state index < -0.39 is 29.8 Å². The van der Waals surface area contributed by atoms with Crippen LogP contribution in [-0.4, -0.2) is 6.61 Å². The topological polar surface area (TPSA) is 9.23 Å². The number of rotatable bonds is 5. The number of fused-ring (bicyclic) bond motifs is 1. The van der Waals surface area contributed by atoms with Crippen LogP contribution in [0, 0.1) is 23.4 Å². The Hall–Kier alpha value is -2.89. The maximum absolute atomic E-state index is 14.9. The van der Waals surface area contributed by atoms with Crippen LogP contribution in [0.25, 0.3) is 21.9 Å². The summed E-state index contributed by atoms with van der Waals surface area (Å²) in [5.41, 5.74) is 0.687. The minimum absolute atomic E-state index is 0.0262. The lowest BCUT2D eigenvalue weighted by Crippen LogP contribution is -2.12. The van der Waals surface area contributed by atoms with Gasteiger partial charge in [0, 0.05) is 5.39 Å². The fraction of sp³-hybridized carbons (Fsp3) is 0.280. The smallest absolute Gasteiger partial charge is 0.387 e. The van der Waals surface area contributed by atoms with Crippen LogP contribution in [0.5, 0.6) is 5.75 Å². The molecule has 162 valence electrons. The Morgan fingerprint density at radius 2 is 1.58 bits per heavy atom. The van der Waals surface area contributed by atoms with Gasteiger partial charge in [0.25, 0.3) is 0 Å². The molecule has 1 aliphatic rings. The number of allylic oxidation sites excluding steroid dienone is 1. The maximum Gasteiger partial charge on any atom is 0.387 e. The first-order valence-electron chi connectivity index (χ1n) is 10.2. The molecule has 0 radical (unpaired) electrons. The summed E-state index contributed by atoms with van der Waals surface area (Å²) in [6, 6.07) is 9.31. The molecule has 0 unspecified atom stereocenters. The molecule has 1 aliphatic carbocycles. The van der Waals surface area contributed by atoms with Crippen LogP contribution < -0.4 is 4.74 Å². The highest BCUT2D eigenvalue weighted by Gasteiger charge is 2.23. The van der Waals surface area contributed by atoms with Gasteiger partial charge in [-0.1, -0.05) is 24.3 Å². The van der Waals surface area contributed by atoms with Crippen LogP contribution >= 0.6 is 0 Å². The Morgan fingerprint density at radius 3 is 2.19 bits per heavy atom. The van der Waals surface area contributed by atoms with Gasteiger partial charge < -0.3 is 4.74 Å². The molecule has 1 fully saturated rings. The molecule has 1 nitrogen and oxygen atoms in total. The molecule has 0 amide bonds. The largest absolute Gasteiger partial charge is 0.432 e. The summed E-state index contributed by atoms with van der Waals surface area (Å²) in [5.74, 6) is -2.33. The quantitative estimate of drug-likeness (QED) is 0.293. The lowest BCUT2D eigenvalue weighted by molar-refractivity contribution is -0.0520. The molecule has 6 heteroatoms. The fourth-order valence-corrected chi connectivity index (χ4v) is 4.41. The Morgan fingerprint density at radius 1 is 0.903 bits per heavy atom. The highest BCUT2D eigenvalue weighted by atomic mass is 19.3. The first kappa shape index (κ1) is 21.3. The number of hydrogen-bond donors (Lipinski definition) is 0. The van der Waals surface area contributed by atoms with Gasteiger partial charge >= 0.3 is 6.61 Å². The summed E-state index contributed by atoms with van der Waals surface area (Å²) in [7, 11) is 0. The van der Waals surface area contributed by atoms with E-state index in [2.05, 4.69) is 11.3 Å². The van der Waals surface area contributed by atoms with Crippen molar-refractivity contribution < 1.29 is 26.7 Å². The number of hydrogen-bond acceptors (Lipinski definition) is 1. The fourth-order valence-electron chi connectivity index (χ4n) is 4.41. The van der Waals surface area contributed by atoms with E-state index >= 15 is 0 Å². The summed E-state index contributed by atoms with van der Waals surface area (Å²) in [5, 5.41) is 0.348. The second kappa shape index (κ2) is 8.69. The average molecular weight is 432 g/mol. The Labute approximate surface area is 177 Å². The molecule has 3 aromatic rings. The highest BCUT2D eigenvalue weighted by molar-refractivity contribution is 5.89. The van der Waals surface area contributed by atoms with Crippen LogP contribution in [0.4, 0.5) is 22.0 Å². The van der Waals surface area contributed by atoms with Gasteiger partial charge in [0.2, 0.25) is 0 Å². The normalized spacial score (nSPS) is 19.0. The molecule has 4 rings (SSSR count). The first-order valence-corrected chi connectivity index (χ1v) is 10.2. The Bertz CT molecular complexity index is 1090. The van der Waals surface area contributed by atoms with Gasteiger partial charge in [-0.15, -0.1) is 6.58 Å². The van der Waals surface area contributed by atoms with Crippen LogP contribution in [0.3, 0.4) is 0 Å². The Kier molecular flexibility index (Phi) is 5.99. The van der Waals surface area contributed by atoms with Crippen molar-refractivity contribution in [3.63, 3.8) is 0 Å². The standard InChI is InChI=1S/C25H21F5O/c1-2-14-3-5-15(6-4-14)18-12-20(26)23(21(27)13-18)17-7-9-19-16(11-17)8-10-22(24(19)28)31-25(29)30/h2,7-15,25H,1,3-6H2. The number of halogens is 5. The van der Waals surface area contributed by atoms with Gasteiger partial charge in [-0.2, -0.15) is 8.78 Å². The minimum atomic E-state index is -3.15. The van der Waals surface area contributed by atoms with Crippen molar-refractivity contribution in [3.8, 4) is 16.9 Å². The van der Waals surface area contributed by atoms with Crippen molar-refractivity contribution in [2.45, 2.75) is 38.2 Å². The van der Waals surface area contributed by atoms with E-state index in [1.165, 1.54) is 36.4 Å². The van der Waals surface area contributed by atoms with Crippen molar-refractivity contribution in [3.05, 3.63) is 78.1 Å². The lowest BCUT2D eigenvalue weighted by Gasteiger charge is -2.27. The molecule has 1 saturated carbocycles. The number of ether oxygens (including phenoxy) is 1. The monoisotopic (exact) mass is 432 g/mol. The molecule has 0 bridgehead atoms. The second-order valence-corrected chi connectivity index (χ2v) is 7.90. The molecule has 0 spiro atoms. The summed E-state index contributed by atoms with van der Waals surface area (Å²) in [6.45, 7) is 0.663. The van der Waals surface area contributed by atoms with E-state index in [0.29, 0.717) is 16.9 Å². The second-order valence-electron chi connectivity index (χ2n) is 7.90. The highest BCUT2D eigenvalue weighted by Crippen LogP contribution is 2.39. The van der Waals surface area contributed by atoms with E-state index in [4.69, 9.17) is 0 Å². The number of alkyl halides is 2. The predicted octanol–water partition coefficient (Wildman–Crippen LogP) is 7.99. The van der Waals surface area contributed by atoms with Crippen LogP contribution in [-0.2, 0) is 0 Å². The van der Waals surface area contributed by atoms with Gasteiger partial charge in [0.1, 0.15) is 11.6 Å². The molecule has 3 aromatic carbocycles. The van der Waals surface area contributed by atoms with Crippen molar-refractivity contribution >= 4 is 10.8 Å². The van der Waals surface area contributed by atoms with Crippen molar-refractivity contribution in [1.29, 1.82) is 0 Å². The van der Waals surface area contributed by atoms with Gasteiger partial charge in [-0.25, -0.2) is 13.2 Å². The summed E-state index contributed by atoms with van der Waals surface area (Å²) in [4.78, 5) is 0. The van der Waals surface area contributed by atoms with Crippen LogP contribution in [0.15, 0.2) is 55.1 Å². The van der Waals surface area contributed by atoms with Crippen LogP contribution in [0.2, 0.25) is 0 Å². The van der Waals surface area contributed by atoms with E-state index in [1.807, 2.05) is 6.08 Å². The molecule has 31 heavy (non-hydrogen) atoms. The molecule has 0 atom stereocenters. The van der Waals surface area contributed by atoms with Gasteiger partial charge in [0.05, 0.1) is 5.56 Å². The molecule has 0 N–H and O–H groups in total. The Balaban J connectivity index is 1.67. The van der Waals surface area contributed by atoms with E-state index in [0.717, 1.165) is 31.7 Å². The zero-order valence-electron chi connectivity index (χ0n) is 16.7. The summed E-state index contributed by atoms with van der Waals surface area (Å²) in [6.07, 6.45) is 5.55. The van der Waals surface area contributed by atoms with Crippen molar-refractivity contribution in [2.75, 3.05) is 0 Å². The predicted molar refractivity (Wildman–Crippen MR) is 111 cm³/mol. The third-order valence-corrected chi connectivity index (χ3v) is 6.06. The van der Waals surface area contributed by atoms with Gasteiger partial charge in [-0.05, 0) is 78.3 Å². The first-order chi connectivity index (χ1) is 14.9. The van der Waals surface area contributed by atoms with Crippen molar-refractivity contribution in [2.24, 2.45) is 5.92 Å². The molecule has 0 aromatic heterocycles. The number of benzene rings is 3. The van der Waals surface area contributed by atoms with Crippen molar-refractivity contribution in [1.82, 2.24) is 0 Å². The maximum atomic E-state index is 14.9. The molecular weight excluding hydrogens is 411 g/mol. The van der Waals surface area contributed by atoms with E-state index in [9.17, 15) is 22.0 Å². The lowest BCUT2D eigenvalue weighted by atomic mass is 9.78. The van der Waals surface area contributed by atoms with Gasteiger partial charge in [-0.3, -0.25) is 0 Å². The zero-order valence-corrected chi connectivity index (χ0v) is 16.7. The summed E-state index contributed by atoms with van der Waals surface area (Å²) < 4.78 is 73.3. The van der Waals surface area contributed by atoms with E-state index in [-0.39, 0.29) is 22.4 Å². The average Bonchev–Trinajstić information content (AvgIpc) is 2.75.